The fourth-order valence-electron chi connectivity index (χ4n) is 13.2. The van der Waals surface area contributed by atoms with E-state index in [0.717, 1.165) is 77.9 Å². The van der Waals surface area contributed by atoms with Gasteiger partial charge in [-0.15, -0.1) is 0 Å². The summed E-state index contributed by atoms with van der Waals surface area (Å²) in [4.78, 5) is 88.2. The van der Waals surface area contributed by atoms with Crippen LogP contribution < -0.4 is 45.5 Å². The number of methoxy groups -OCH3 is 2. The van der Waals surface area contributed by atoms with Gasteiger partial charge in [-0.25, -0.2) is 9.59 Å². The van der Waals surface area contributed by atoms with Crippen LogP contribution >= 0.6 is 0 Å². The fourth-order valence-corrected chi connectivity index (χ4v) is 13.2. The Balaban J connectivity index is 0.684. The highest BCUT2D eigenvalue weighted by molar-refractivity contribution is 6.04. The van der Waals surface area contributed by atoms with Crippen molar-refractivity contribution in [1.82, 2.24) is 25.3 Å². The molecule has 1 saturated carbocycles. The molecule has 2 aliphatic carbocycles. The van der Waals surface area contributed by atoms with Crippen molar-refractivity contribution in [2.24, 2.45) is 11.3 Å². The number of unbranched alkanes of at least 4 members (excludes halogenated alkanes) is 3. The number of hydrogen-bond donors (Lipinski definition) is 5. The topological polar surface area (TPSA) is 228 Å². The summed E-state index contributed by atoms with van der Waals surface area (Å²) >= 11 is 0. The second kappa shape index (κ2) is 26.6. The molecular weight excluding hydrogens is 1140 g/mol. The van der Waals surface area contributed by atoms with Gasteiger partial charge in [0.2, 0.25) is 11.8 Å². The molecule has 1 saturated heterocycles. The van der Waals surface area contributed by atoms with E-state index in [2.05, 4.69) is 26.6 Å². The number of likely N-dealkylation sites (N-methyl/N-ethyl adjacent to an activating group) is 1. The SMILES string of the molecule is COc1cc2c(cc1OCCCCCOc1cc3c(cc1OC)C(=O)N1CC4(CC4)C[C@H]1CN3)NC[C@@H]1CC(c3ccc(NC(=O)[C@H](CCCCNC(=O)OC(C)(C)C)NC(=O)[C@H](C(C)C)N(C)C(=O)OC4c5ccccc5-c5ccccc54)cc3)=CN1C2=O. The van der Waals surface area contributed by atoms with Gasteiger partial charge in [0, 0.05) is 74.4 Å². The molecule has 0 bridgehead atoms. The number of amides is 6. The van der Waals surface area contributed by atoms with Crippen molar-refractivity contribution in [1.29, 1.82) is 0 Å². The summed E-state index contributed by atoms with van der Waals surface area (Å²) in [7, 11) is 4.69. The number of alkyl carbamates (subject to hydrolysis) is 1. The van der Waals surface area contributed by atoms with E-state index in [4.69, 9.17) is 28.4 Å². The van der Waals surface area contributed by atoms with E-state index in [0.29, 0.717) is 96.5 Å². The quantitative estimate of drug-likeness (QED) is 0.0384. The van der Waals surface area contributed by atoms with E-state index in [9.17, 15) is 28.8 Å². The molecule has 6 amide bonds. The van der Waals surface area contributed by atoms with Gasteiger partial charge in [-0.3, -0.25) is 24.1 Å². The van der Waals surface area contributed by atoms with Gasteiger partial charge in [0.1, 0.15) is 17.7 Å². The number of carbonyl (C=O) groups is 6. The number of nitrogens with one attached hydrogen (secondary N) is 5. The zero-order valence-electron chi connectivity index (χ0n) is 52.8. The first kappa shape index (κ1) is 62.7. The van der Waals surface area contributed by atoms with Crippen LogP contribution in [0, 0.1) is 11.3 Å². The van der Waals surface area contributed by atoms with Gasteiger partial charge in [0.15, 0.2) is 29.1 Å². The molecule has 476 valence electrons. The summed E-state index contributed by atoms with van der Waals surface area (Å²) in [6.07, 6.45) is 7.58. The largest absolute Gasteiger partial charge is 0.493 e. The highest BCUT2D eigenvalue weighted by atomic mass is 16.6. The summed E-state index contributed by atoms with van der Waals surface area (Å²) in [5.74, 6) is 0.660. The standard InChI is InChI=1S/C70H84N8O12/c1-42(2)61(76(6)68(84)89-62-50-20-12-10-18-48(50)49-19-11-13-21-51(49)62)64(80)75-54(22-14-15-29-71-67(83)90-69(3,4)5)63(79)74-45-25-23-43(24-26-45)44-32-46-38-72-55-35-59(57(85-7)33-52(55)65(81)77(46)40-44)87-30-16-9-17-31-88-60-36-56-53(34-58(60)86-8)66(82)78-41-70(27-28-70)37-47(78)39-73-56/h10-13,18-21,23-26,33-36,40,42,46-47,54,61-62,72-73H,9,14-17,22,27-32,37-39,41H2,1-8H3,(H,71,83)(H,74,79)(H,75,80)/t46-,47-,54-,61-/m0/s1. The molecule has 1 spiro atoms. The summed E-state index contributed by atoms with van der Waals surface area (Å²) in [6.45, 7) is 12.3. The van der Waals surface area contributed by atoms with Crippen LogP contribution in [0.1, 0.15) is 142 Å². The Morgan fingerprint density at radius 2 is 1.31 bits per heavy atom. The van der Waals surface area contributed by atoms with Crippen LogP contribution in [0.5, 0.6) is 23.0 Å². The maximum absolute atomic E-state index is 14.4. The molecule has 4 atom stereocenters. The molecule has 20 heteroatoms. The first-order valence-corrected chi connectivity index (χ1v) is 31.6. The highest BCUT2D eigenvalue weighted by Crippen LogP contribution is 2.56. The monoisotopic (exact) mass is 1230 g/mol. The first-order chi connectivity index (χ1) is 43.3. The number of ether oxygens (including phenoxy) is 6. The molecule has 11 rings (SSSR count). The van der Waals surface area contributed by atoms with Crippen LogP contribution in [-0.4, -0.2) is 141 Å². The number of carbonyl (C=O) groups excluding carboxylic acids is 6. The molecule has 90 heavy (non-hydrogen) atoms. The van der Waals surface area contributed by atoms with E-state index in [-0.39, 0.29) is 36.2 Å². The van der Waals surface area contributed by atoms with Crippen LogP contribution in [0.15, 0.2) is 103 Å². The molecule has 6 aliphatic rings. The molecule has 0 radical (unpaired) electrons. The van der Waals surface area contributed by atoms with Gasteiger partial charge in [0.05, 0.1) is 56.0 Å². The van der Waals surface area contributed by atoms with Crippen molar-refractivity contribution < 1.29 is 57.2 Å². The second-order valence-electron chi connectivity index (χ2n) is 25.9. The molecule has 0 aromatic heterocycles. The lowest BCUT2D eigenvalue weighted by molar-refractivity contribution is -0.131. The molecule has 5 aromatic carbocycles. The van der Waals surface area contributed by atoms with E-state index in [1.165, 1.54) is 24.8 Å². The van der Waals surface area contributed by atoms with Crippen LogP contribution in [0.4, 0.5) is 26.7 Å². The van der Waals surface area contributed by atoms with Crippen LogP contribution in [0.25, 0.3) is 16.7 Å². The number of rotatable bonds is 23. The minimum Gasteiger partial charge on any atom is -0.493 e. The van der Waals surface area contributed by atoms with Gasteiger partial charge in [-0.05, 0) is 143 Å². The van der Waals surface area contributed by atoms with Crippen molar-refractivity contribution in [2.45, 2.75) is 135 Å². The average molecular weight is 1230 g/mol. The van der Waals surface area contributed by atoms with E-state index < -0.39 is 47.8 Å². The Hall–Kier alpha value is -8.94. The van der Waals surface area contributed by atoms with E-state index in [1.807, 2.05) is 97.7 Å². The van der Waals surface area contributed by atoms with E-state index in [1.54, 1.807) is 64.2 Å². The third-order valence-electron chi connectivity index (χ3n) is 18.0. The van der Waals surface area contributed by atoms with Crippen molar-refractivity contribution >= 4 is 58.5 Å². The number of anilines is 3. The predicted octanol–water partition coefficient (Wildman–Crippen LogP) is 11.4. The molecule has 5 aromatic rings. The van der Waals surface area contributed by atoms with Crippen LogP contribution in [0.2, 0.25) is 0 Å². The van der Waals surface area contributed by atoms with Crippen LogP contribution in [0.3, 0.4) is 0 Å². The maximum atomic E-state index is 14.4. The zero-order chi connectivity index (χ0) is 63.4. The fraction of sp³-hybridized carbons (Fsp3) is 0.457. The Labute approximate surface area is 526 Å². The van der Waals surface area contributed by atoms with Gasteiger partial charge in [0.25, 0.3) is 11.8 Å². The third kappa shape index (κ3) is 13.8. The van der Waals surface area contributed by atoms with Crippen LogP contribution in [-0.2, 0) is 19.1 Å². The molecule has 2 fully saturated rings. The second-order valence-corrected chi connectivity index (χ2v) is 25.9. The summed E-state index contributed by atoms with van der Waals surface area (Å²) in [5.41, 5.74) is 8.18. The Kier molecular flexibility index (Phi) is 18.5. The summed E-state index contributed by atoms with van der Waals surface area (Å²) in [5, 5.41) is 15.7. The van der Waals surface area contributed by atoms with Crippen molar-refractivity contribution in [3.63, 3.8) is 0 Å². The summed E-state index contributed by atoms with van der Waals surface area (Å²) in [6, 6.07) is 28.2. The molecule has 4 heterocycles. The van der Waals surface area contributed by atoms with Crippen molar-refractivity contribution in [2.75, 3.05) is 76.6 Å². The van der Waals surface area contributed by atoms with E-state index >= 15 is 0 Å². The molecule has 4 aliphatic heterocycles. The van der Waals surface area contributed by atoms with Gasteiger partial charge in [-0.2, -0.15) is 0 Å². The minimum atomic E-state index is -1.01. The zero-order valence-corrected chi connectivity index (χ0v) is 52.8. The minimum absolute atomic E-state index is 0.0551. The molecule has 0 unspecified atom stereocenters. The predicted molar refractivity (Wildman–Crippen MR) is 343 cm³/mol. The Morgan fingerprint density at radius 1 is 0.711 bits per heavy atom. The molecular formula is C70H84N8O12. The number of hydrogen-bond acceptors (Lipinski definition) is 14. The van der Waals surface area contributed by atoms with Gasteiger partial charge >= 0.3 is 12.2 Å². The van der Waals surface area contributed by atoms with Gasteiger partial charge < -0.3 is 64.8 Å². The lowest BCUT2D eigenvalue weighted by atomic mass is 10.0. The number of fused-ring (bicyclic) bond motifs is 7. The highest BCUT2D eigenvalue weighted by Gasteiger charge is 2.54. The normalized spacial score (nSPS) is 18.1. The average Bonchev–Trinajstić information content (AvgIpc) is 1.61. The number of benzene rings is 5. The number of nitrogens with zero attached hydrogens (tertiary/aromatic N) is 3. The Bertz CT molecular complexity index is 3510. The third-order valence-corrected chi connectivity index (χ3v) is 18.0. The maximum Gasteiger partial charge on any atom is 0.411 e. The van der Waals surface area contributed by atoms with Crippen molar-refractivity contribution in [3.8, 4) is 34.1 Å². The van der Waals surface area contributed by atoms with Gasteiger partial charge in [-0.1, -0.05) is 74.5 Å². The first-order valence-electron chi connectivity index (χ1n) is 31.6. The Morgan fingerprint density at radius 3 is 1.90 bits per heavy atom. The lowest BCUT2D eigenvalue weighted by Gasteiger charge is -2.32. The molecule has 5 N–H and O–H groups in total. The lowest BCUT2D eigenvalue weighted by Crippen LogP contribution is -2.55. The summed E-state index contributed by atoms with van der Waals surface area (Å²) < 4.78 is 35.5. The van der Waals surface area contributed by atoms with Crippen molar-refractivity contribution in [3.05, 3.63) is 131 Å². The molecule has 20 nitrogen and oxygen atoms in total. The smallest absolute Gasteiger partial charge is 0.411 e.